The molecule has 0 bridgehead atoms. The van der Waals surface area contributed by atoms with Crippen LogP contribution in [-0.2, 0) is 0 Å². The van der Waals surface area contributed by atoms with Gasteiger partial charge in [-0.2, -0.15) is 5.10 Å². The fourth-order valence-corrected chi connectivity index (χ4v) is 4.85. The first-order valence-electron chi connectivity index (χ1n) is 11.0. The first-order chi connectivity index (χ1) is 14.9. The predicted molar refractivity (Wildman–Crippen MR) is 123 cm³/mol. The third-order valence-corrected chi connectivity index (χ3v) is 6.47. The number of pyridine rings is 1. The van der Waals surface area contributed by atoms with E-state index in [1.54, 1.807) is 0 Å². The minimum Gasteiger partial charge on any atom is -0.370 e. The third-order valence-electron chi connectivity index (χ3n) is 6.47. The number of anilines is 1. The van der Waals surface area contributed by atoms with Gasteiger partial charge in [0.1, 0.15) is 5.69 Å². The first kappa shape index (κ1) is 17.7. The first-order valence-corrected chi connectivity index (χ1v) is 11.0. The number of rotatable bonds is 3. The van der Waals surface area contributed by atoms with E-state index in [-0.39, 0.29) is 0 Å². The molecule has 5 heterocycles. The van der Waals surface area contributed by atoms with Gasteiger partial charge in [0.05, 0.1) is 34.8 Å². The van der Waals surface area contributed by atoms with Crippen LogP contribution in [0.4, 0.5) is 5.69 Å². The minimum absolute atomic E-state index is 0.944. The van der Waals surface area contributed by atoms with Gasteiger partial charge in [0.2, 0.25) is 0 Å². The maximum absolute atomic E-state index is 4.67. The zero-order valence-electron chi connectivity index (χ0n) is 17.0. The molecule has 6 heteroatoms. The Balaban J connectivity index is 1.44. The van der Waals surface area contributed by atoms with Crippen molar-refractivity contribution in [1.82, 2.24) is 25.5 Å². The Labute approximate surface area is 175 Å². The van der Waals surface area contributed by atoms with Crippen molar-refractivity contribution in [1.29, 1.82) is 0 Å². The van der Waals surface area contributed by atoms with Crippen molar-refractivity contribution >= 4 is 33.1 Å². The van der Waals surface area contributed by atoms with Crippen molar-refractivity contribution in [2.75, 3.05) is 31.1 Å². The molecule has 0 atom stereocenters. The standard InChI is InChI=1S/C24H26N6/c1-2-10-30(11-3-1)23-15-26-14-22-18(23)13-21(27-22)24-19-12-17(4-5-20(19)28-29-24)16-6-8-25-9-7-16/h4-6,12-15,25,27H,1-3,7-11H2,(H,28,29). The van der Waals surface area contributed by atoms with Crippen molar-refractivity contribution in [3.8, 4) is 11.4 Å². The molecule has 30 heavy (non-hydrogen) atoms. The lowest BCUT2D eigenvalue weighted by atomic mass is 9.98. The molecule has 0 amide bonds. The van der Waals surface area contributed by atoms with Crippen molar-refractivity contribution in [2.45, 2.75) is 25.7 Å². The van der Waals surface area contributed by atoms with E-state index in [4.69, 9.17) is 0 Å². The monoisotopic (exact) mass is 398 g/mol. The van der Waals surface area contributed by atoms with Crippen LogP contribution >= 0.6 is 0 Å². The number of piperidine rings is 1. The highest BCUT2D eigenvalue weighted by atomic mass is 15.1. The number of hydrogen-bond donors (Lipinski definition) is 3. The number of nitrogens with zero attached hydrogens (tertiary/aromatic N) is 3. The maximum Gasteiger partial charge on any atom is 0.116 e. The Kier molecular flexibility index (Phi) is 4.30. The number of H-pyrrole nitrogens is 2. The van der Waals surface area contributed by atoms with Crippen molar-refractivity contribution in [3.63, 3.8) is 0 Å². The average Bonchev–Trinajstić information content (AvgIpc) is 3.43. The molecule has 152 valence electrons. The summed E-state index contributed by atoms with van der Waals surface area (Å²) in [4.78, 5) is 10.6. The fraction of sp³-hybridized carbons (Fsp3) is 0.333. The number of fused-ring (bicyclic) bond motifs is 2. The van der Waals surface area contributed by atoms with E-state index in [0.717, 1.165) is 60.4 Å². The Morgan fingerprint density at radius 2 is 1.87 bits per heavy atom. The van der Waals surface area contributed by atoms with Gasteiger partial charge in [-0.15, -0.1) is 0 Å². The van der Waals surface area contributed by atoms with Gasteiger partial charge in [0, 0.05) is 30.4 Å². The Morgan fingerprint density at radius 3 is 2.73 bits per heavy atom. The molecule has 1 saturated heterocycles. The van der Waals surface area contributed by atoms with Gasteiger partial charge in [-0.1, -0.05) is 12.1 Å². The summed E-state index contributed by atoms with van der Waals surface area (Å²) in [7, 11) is 0. The SMILES string of the molecule is C1=C(c2ccc3[nH]nc(-c4cc5c(N6CCCCC6)cncc5[nH]4)c3c2)CCNC1. The van der Waals surface area contributed by atoms with E-state index < -0.39 is 0 Å². The van der Waals surface area contributed by atoms with Crippen LogP contribution in [0.5, 0.6) is 0 Å². The summed E-state index contributed by atoms with van der Waals surface area (Å²) in [6.07, 6.45) is 11.1. The van der Waals surface area contributed by atoms with Crippen LogP contribution in [0.15, 0.2) is 42.7 Å². The maximum atomic E-state index is 4.67. The van der Waals surface area contributed by atoms with E-state index in [1.165, 1.54) is 41.5 Å². The molecular formula is C24H26N6. The highest BCUT2D eigenvalue weighted by Crippen LogP contribution is 2.34. The van der Waals surface area contributed by atoms with E-state index in [0.29, 0.717) is 0 Å². The van der Waals surface area contributed by atoms with Gasteiger partial charge in [0.15, 0.2) is 0 Å². The van der Waals surface area contributed by atoms with E-state index in [2.05, 4.69) is 60.7 Å². The Hall–Kier alpha value is -3.12. The molecular weight excluding hydrogens is 372 g/mol. The van der Waals surface area contributed by atoms with Crippen LogP contribution in [0.3, 0.4) is 0 Å². The van der Waals surface area contributed by atoms with Gasteiger partial charge < -0.3 is 15.2 Å². The van der Waals surface area contributed by atoms with Crippen LogP contribution in [0.2, 0.25) is 0 Å². The predicted octanol–water partition coefficient (Wildman–Crippen LogP) is 4.47. The smallest absolute Gasteiger partial charge is 0.116 e. The minimum atomic E-state index is 0.944. The Bertz CT molecular complexity index is 1240. The summed E-state index contributed by atoms with van der Waals surface area (Å²) < 4.78 is 0. The molecule has 0 radical (unpaired) electrons. The van der Waals surface area contributed by atoms with Crippen molar-refractivity contribution < 1.29 is 0 Å². The molecule has 2 aliphatic rings. The number of aromatic amines is 2. The second kappa shape index (κ2) is 7.29. The van der Waals surface area contributed by atoms with Crippen LogP contribution in [0.1, 0.15) is 31.2 Å². The molecule has 1 aromatic carbocycles. The summed E-state index contributed by atoms with van der Waals surface area (Å²) >= 11 is 0. The van der Waals surface area contributed by atoms with Crippen molar-refractivity contribution in [3.05, 3.63) is 48.3 Å². The zero-order valence-corrected chi connectivity index (χ0v) is 17.0. The van der Waals surface area contributed by atoms with Crippen molar-refractivity contribution in [2.24, 2.45) is 0 Å². The highest BCUT2D eigenvalue weighted by molar-refractivity contribution is 6.00. The second-order valence-electron chi connectivity index (χ2n) is 8.37. The van der Waals surface area contributed by atoms with Crippen LogP contribution in [0, 0.1) is 0 Å². The number of benzene rings is 1. The highest BCUT2D eigenvalue weighted by Gasteiger charge is 2.18. The van der Waals surface area contributed by atoms with Gasteiger partial charge in [-0.25, -0.2) is 0 Å². The number of nitrogens with one attached hydrogen (secondary N) is 3. The van der Waals surface area contributed by atoms with Crippen LogP contribution in [0.25, 0.3) is 38.8 Å². The zero-order chi connectivity index (χ0) is 19.9. The lowest BCUT2D eigenvalue weighted by Gasteiger charge is -2.28. The van der Waals surface area contributed by atoms with E-state index in [9.17, 15) is 0 Å². The summed E-state index contributed by atoms with van der Waals surface area (Å²) in [5.41, 5.74) is 8.09. The second-order valence-corrected chi connectivity index (χ2v) is 8.37. The molecule has 0 unspecified atom stereocenters. The van der Waals surface area contributed by atoms with Gasteiger partial charge in [0.25, 0.3) is 0 Å². The molecule has 0 spiro atoms. The van der Waals surface area contributed by atoms with E-state index >= 15 is 0 Å². The number of hydrogen-bond acceptors (Lipinski definition) is 4. The van der Waals surface area contributed by atoms with Gasteiger partial charge in [-0.05, 0) is 61.6 Å². The molecule has 0 saturated carbocycles. The Morgan fingerprint density at radius 1 is 0.933 bits per heavy atom. The van der Waals surface area contributed by atoms with Crippen LogP contribution < -0.4 is 10.2 Å². The largest absolute Gasteiger partial charge is 0.370 e. The average molecular weight is 399 g/mol. The van der Waals surface area contributed by atoms with Gasteiger partial charge in [-0.3, -0.25) is 10.1 Å². The molecule has 6 rings (SSSR count). The normalized spacial score (nSPS) is 17.6. The molecule has 0 aliphatic carbocycles. The van der Waals surface area contributed by atoms with Crippen LogP contribution in [-0.4, -0.2) is 46.3 Å². The summed E-state index contributed by atoms with van der Waals surface area (Å²) in [6, 6.07) is 8.87. The topological polar surface area (TPSA) is 72.6 Å². The fourth-order valence-electron chi connectivity index (χ4n) is 4.85. The molecule has 6 nitrogen and oxygen atoms in total. The molecule has 1 fully saturated rings. The summed E-state index contributed by atoms with van der Waals surface area (Å²) in [5, 5.41) is 13.7. The summed E-state index contributed by atoms with van der Waals surface area (Å²) in [6.45, 7) is 4.20. The van der Waals surface area contributed by atoms with E-state index in [1.807, 2.05) is 12.4 Å². The molecule has 3 aromatic heterocycles. The quantitative estimate of drug-likeness (QED) is 0.476. The summed E-state index contributed by atoms with van der Waals surface area (Å²) in [5.74, 6) is 0. The molecule has 4 aromatic rings. The lowest BCUT2D eigenvalue weighted by molar-refractivity contribution is 0.578. The molecule has 3 N–H and O–H groups in total. The lowest BCUT2D eigenvalue weighted by Crippen LogP contribution is -2.29. The molecule has 2 aliphatic heterocycles. The third kappa shape index (κ3) is 2.99. The number of aromatic nitrogens is 4. The van der Waals surface area contributed by atoms with Gasteiger partial charge >= 0.3 is 0 Å².